The molecule has 25 heavy (non-hydrogen) atoms. The van der Waals surface area contributed by atoms with Crippen molar-refractivity contribution in [3.8, 4) is 5.75 Å². The highest BCUT2D eigenvalue weighted by Gasteiger charge is 2.28. The van der Waals surface area contributed by atoms with E-state index in [0.29, 0.717) is 5.69 Å². The zero-order chi connectivity index (χ0) is 18.0. The minimum atomic E-state index is -3.56. The standard InChI is InChI=1S/C17H17FN2O4S/c1-24-16-10-12(18)4-9-15(16)19-17(21)11-2-7-14(8-3-11)25(22,23)20-13-5-6-13/h2-4,7-10,13,20H,5-6H2,1H3,(H,19,21). The highest BCUT2D eigenvalue weighted by atomic mass is 32.2. The van der Waals surface area contributed by atoms with E-state index >= 15 is 0 Å². The summed E-state index contributed by atoms with van der Waals surface area (Å²) in [6, 6.07) is 9.37. The predicted molar refractivity (Wildman–Crippen MR) is 90.7 cm³/mol. The molecule has 0 aromatic heterocycles. The zero-order valence-electron chi connectivity index (χ0n) is 13.5. The molecule has 1 aliphatic rings. The van der Waals surface area contributed by atoms with Gasteiger partial charge in [-0.25, -0.2) is 17.5 Å². The third kappa shape index (κ3) is 4.15. The second kappa shape index (κ2) is 6.81. The first-order valence-corrected chi connectivity index (χ1v) is 9.14. The van der Waals surface area contributed by atoms with Crippen molar-refractivity contribution in [1.82, 2.24) is 4.72 Å². The summed E-state index contributed by atoms with van der Waals surface area (Å²) in [5.41, 5.74) is 0.595. The number of carbonyl (C=O) groups is 1. The van der Waals surface area contributed by atoms with Crippen LogP contribution in [0.3, 0.4) is 0 Å². The highest BCUT2D eigenvalue weighted by Crippen LogP contribution is 2.26. The van der Waals surface area contributed by atoms with E-state index in [0.717, 1.165) is 18.9 Å². The van der Waals surface area contributed by atoms with Crippen molar-refractivity contribution < 1.29 is 22.3 Å². The number of hydrogen-bond acceptors (Lipinski definition) is 4. The summed E-state index contributed by atoms with van der Waals surface area (Å²) in [7, 11) is -2.19. The summed E-state index contributed by atoms with van der Waals surface area (Å²) in [4.78, 5) is 12.4. The molecule has 2 aromatic carbocycles. The maximum absolute atomic E-state index is 13.2. The molecular formula is C17H17FN2O4S. The number of anilines is 1. The molecule has 0 aliphatic heterocycles. The van der Waals surface area contributed by atoms with Crippen LogP contribution in [-0.2, 0) is 10.0 Å². The lowest BCUT2D eigenvalue weighted by molar-refractivity contribution is 0.102. The van der Waals surface area contributed by atoms with Gasteiger partial charge >= 0.3 is 0 Å². The third-order valence-electron chi connectivity index (χ3n) is 3.74. The first kappa shape index (κ1) is 17.4. The van der Waals surface area contributed by atoms with Crippen LogP contribution in [0.4, 0.5) is 10.1 Å². The lowest BCUT2D eigenvalue weighted by Gasteiger charge is -2.11. The number of amides is 1. The molecule has 6 nitrogen and oxygen atoms in total. The second-order valence-electron chi connectivity index (χ2n) is 5.72. The normalized spacial score (nSPS) is 14.2. The van der Waals surface area contributed by atoms with Crippen molar-refractivity contribution in [1.29, 1.82) is 0 Å². The van der Waals surface area contributed by atoms with Crippen molar-refractivity contribution in [3.05, 3.63) is 53.8 Å². The molecule has 2 aromatic rings. The number of rotatable bonds is 6. The molecule has 0 heterocycles. The maximum Gasteiger partial charge on any atom is 0.255 e. The number of halogens is 1. The number of hydrogen-bond donors (Lipinski definition) is 2. The Morgan fingerprint density at radius 3 is 2.44 bits per heavy atom. The summed E-state index contributed by atoms with van der Waals surface area (Å²) < 4.78 is 45.0. The average Bonchev–Trinajstić information content (AvgIpc) is 3.39. The van der Waals surface area contributed by atoms with Crippen LogP contribution in [0.1, 0.15) is 23.2 Å². The minimum absolute atomic E-state index is 0.0129. The molecule has 132 valence electrons. The van der Waals surface area contributed by atoms with Crippen LogP contribution in [0.5, 0.6) is 5.75 Å². The summed E-state index contributed by atoms with van der Waals surface area (Å²) >= 11 is 0. The van der Waals surface area contributed by atoms with Crippen LogP contribution in [0.15, 0.2) is 47.4 Å². The molecule has 0 saturated heterocycles. The first-order valence-electron chi connectivity index (χ1n) is 7.66. The predicted octanol–water partition coefficient (Wildman–Crippen LogP) is 2.53. The largest absolute Gasteiger partial charge is 0.494 e. The molecule has 3 rings (SSSR count). The van der Waals surface area contributed by atoms with Crippen LogP contribution in [0.25, 0.3) is 0 Å². The molecule has 0 atom stereocenters. The lowest BCUT2D eigenvalue weighted by atomic mass is 10.2. The SMILES string of the molecule is COc1cc(F)ccc1NC(=O)c1ccc(S(=O)(=O)NC2CC2)cc1. The van der Waals surface area contributed by atoms with Gasteiger partial charge in [-0.2, -0.15) is 0 Å². The maximum atomic E-state index is 13.2. The summed E-state index contributed by atoms with van der Waals surface area (Å²) in [5, 5.41) is 2.61. The van der Waals surface area contributed by atoms with Gasteiger partial charge in [0.05, 0.1) is 17.7 Å². The molecule has 0 bridgehead atoms. The second-order valence-corrected chi connectivity index (χ2v) is 7.43. The van der Waals surface area contributed by atoms with Crippen molar-refractivity contribution in [3.63, 3.8) is 0 Å². The van der Waals surface area contributed by atoms with Gasteiger partial charge in [-0.05, 0) is 49.2 Å². The number of nitrogens with one attached hydrogen (secondary N) is 2. The van der Waals surface area contributed by atoms with Crippen molar-refractivity contribution >= 4 is 21.6 Å². The zero-order valence-corrected chi connectivity index (χ0v) is 14.3. The Bertz CT molecular complexity index is 893. The van der Waals surface area contributed by atoms with Gasteiger partial charge in [0.15, 0.2) is 0 Å². The Morgan fingerprint density at radius 1 is 1.16 bits per heavy atom. The van der Waals surface area contributed by atoms with Crippen LogP contribution in [0.2, 0.25) is 0 Å². The van der Waals surface area contributed by atoms with Gasteiger partial charge in [-0.15, -0.1) is 0 Å². The quantitative estimate of drug-likeness (QED) is 0.825. The van der Waals surface area contributed by atoms with Crippen molar-refractivity contribution in [2.24, 2.45) is 0 Å². The van der Waals surface area contributed by atoms with E-state index in [1.807, 2.05) is 0 Å². The van der Waals surface area contributed by atoms with Crippen LogP contribution >= 0.6 is 0 Å². The van der Waals surface area contributed by atoms with Gasteiger partial charge < -0.3 is 10.1 Å². The van der Waals surface area contributed by atoms with E-state index in [2.05, 4.69) is 10.0 Å². The number of sulfonamides is 1. The van der Waals surface area contributed by atoms with Gasteiger partial charge in [0.25, 0.3) is 5.91 Å². The molecular weight excluding hydrogens is 347 g/mol. The van der Waals surface area contributed by atoms with E-state index in [1.54, 1.807) is 0 Å². The van der Waals surface area contributed by atoms with Gasteiger partial charge in [0.1, 0.15) is 11.6 Å². The van der Waals surface area contributed by atoms with E-state index in [4.69, 9.17) is 4.74 Å². The third-order valence-corrected chi connectivity index (χ3v) is 5.27. The van der Waals surface area contributed by atoms with Crippen molar-refractivity contribution in [2.45, 2.75) is 23.8 Å². The highest BCUT2D eigenvalue weighted by molar-refractivity contribution is 7.89. The fraction of sp³-hybridized carbons (Fsp3) is 0.235. The van der Waals surface area contributed by atoms with E-state index in [1.165, 1.54) is 43.5 Å². The molecule has 1 amide bonds. The monoisotopic (exact) mass is 364 g/mol. The lowest BCUT2D eigenvalue weighted by Crippen LogP contribution is -2.25. The first-order chi connectivity index (χ1) is 11.9. The Labute approximate surface area is 145 Å². The molecule has 0 unspecified atom stereocenters. The molecule has 0 spiro atoms. The Morgan fingerprint density at radius 2 is 1.84 bits per heavy atom. The summed E-state index contributed by atoms with van der Waals surface area (Å²) in [6.45, 7) is 0. The fourth-order valence-electron chi connectivity index (χ4n) is 2.24. The Hall–Kier alpha value is -2.45. The van der Waals surface area contributed by atoms with Crippen LogP contribution in [-0.4, -0.2) is 27.5 Å². The number of carbonyl (C=O) groups excluding carboxylic acids is 1. The molecule has 0 radical (unpaired) electrons. The van der Waals surface area contributed by atoms with E-state index < -0.39 is 21.7 Å². The van der Waals surface area contributed by atoms with Crippen LogP contribution in [0, 0.1) is 5.82 Å². The Kier molecular flexibility index (Phi) is 4.73. The minimum Gasteiger partial charge on any atom is -0.494 e. The van der Waals surface area contributed by atoms with E-state index in [-0.39, 0.29) is 22.3 Å². The number of methoxy groups -OCH3 is 1. The van der Waals surface area contributed by atoms with Gasteiger partial charge in [-0.3, -0.25) is 4.79 Å². The summed E-state index contributed by atoms with van der Waals surface area (Å²) in [5.74, 6) is -0.738. The molecule has 1 aliphatic carbocycles. The smallest absolute Gasteiger partial charge is 0.255 e. The van der Waals surface area contributed by atoms with E-state index in [9.17, 15) is 17.6 Å². The Balaban J connectivity index is 1.75. The topological polar surface area (TPSA) is 84.5 Å². The van der Waals surface area contributed by atoms with Gasteiger partial charge in [-0.1, -0.05) is 0 Å². The van der Waals surface area contributed by atoms with Crippen LogP contribution < -0.4 is 14.8 Å². The van der Waals surface area contributed by atoms with Gasteiger partial charge in [0, 0.05) is 17.7 Å². The number of ether oxygens (including phenoxy) is 1. The molecule has 1 saturated carbocycles. The van der Waals surface area contributed by atoms with Gasteiger partial charge in [0.2, 0.25) is 10.0 Å². The fourth-order valence-corrected chi connectivity index (χ4v) is 3.54. The average molecular weight is 364 g/mol. The summed E-state index contributed by atoms with van der Waals surface area (Å²) in [6.07, 6.45) is 1.69. The molecule has 1 fully saturated rings. The number of benzene rings is 2. The molecule has 8 heteroatoms. The molecule has 2 N–H and O–H groups in total. The van der Waals surface area contributed by atoms with Crippen molar-refractivity contribution in [2.75, 3.05) is 12.4 Å².